The Morgan fingerprint density at radius 2 is 2.35 bits per heavy atom. The first-order chi connectivity index (χ1) is 8.17. The predicted molar refractivity (Wildman–Crippen MR) is 69.8 cm³/mol. The van der Waals surface area contributed by atoms with E-state index in [2.05, 4.69) is 25.8 Å². The van der Waals surface area contributed by atoms with Crippen LogP contribution in [0.3, 0.4) is 0 Å². The van der Waals surface area contributed by atoms with Crippen molar-refractivity contribution in [2.45, 2.75) is 37.3 Å². The van der Waals surface area contributed by atoms with Crippen LogP contribution in [0.15, 0.2) is 22.8 Å². The molecular weight excluding hydrogens is 280 g/mol. The molecule has 2 aliphatic heterocycles. The minimum absolute atomic E-state index is 0.355. The van der Waals surface area contributed by atoms with Crippen molar-refractivity contribution in [3.05, 3.63) is 28.5 Å². The van der Waals surface area contributed by atoms with Gasteiger partial charge in [0.1, 0.15) is 0 Å². The number of hydrogen-bond donors (Lipinski definition) is 1. The number of nitrogens with zero attached hydrogens (tertiary/aromatic N) is 2. The zero-order valence-corrected chi connectivity index (χ0v) is 11.4. The van der Waals surface area contributed by atoms with Crippen LogP contribution >= 0.6 is 15.9 Å². The summed E-state index contributed by atoms with van der Waals surface area (Å²) in [7, 11) is 0. The highest BCUT2D eigenvalue weighted by molar-refractivity contribution is 9.10. The highest BCUT2D eigenvalue weighted by Crippen LogP contribution is 2.37. The second kappa shape index (κ2) is 4.34. The number of fused-ring (bicyclic) bond motifs is 1. The van der Waals surface area contributed by atoms with Crippen molar-refractivity contribution in [1.29, 1.82) is 0 Å². The molecule has 2 saturated heterocycles. The van der Waals surface area contributed by atoms with Gasteiger partial charge in [-0.15, -0.1) is 0 Å². The van der Waals surface area contributed by atoms with Crippen LogP contribution in [0, 0.1) is 0 Å². The van der Waals surface area contributed by atoms with Gasteiger partial charge in [0.25, 0.3) is 0 Å². The van der Waals surface area contributed by atoms with Crippen LogP contribution in [0.5, 0.6) is 0 Å². The molecule has 3 rings (SSSR count). The molecule has 0 bridgehead atoms. The second-order valence-corrected chi connectivity index (χ2v) is 6.11. The first kappa shape index (κ1) is 11.6. The summed E-state index contributed by atoms with van der Waals surface area (Å²) in [5, 5.41) is 10.8. The van der Waals surface area contributed by atoms with Gasteiger partial charge in [-0.2, -0.15) is 0 Å². The Morgan fingerprint density at radius 3 is 3.12 bits per heavy atom. The van der Waals surface area contributed by atoms with Crippen molar-refractivity contribution >= 4 is 15.9 Å². The van der Waals surface area contributed by atoms with Crippen LogP contribution in [-0.2, 0) is 6.42 Å². The molecule has 92 valence electrons. The zero-order chi connectivity index (χ0) is 11.9. The van der Waals surface area contributed by atoms with Gasteiger partial charge in [0, 0.05) is 35.4 Å². The minimum atomic E-state index is -0.558. The Labute approximate surface area is 110 Å². The maximum Gasteiger partial charge on any atom is 0.0869 e. The van der Waals surface area contributed by atoms with E-state index in [1.165, 1.54) is 6.42 Å². The SMILES string of the molecule is OC1(Cc2ccc(Br)cn2)CCN2CCCC21. The van der Waals surface area contributed by atoms with Gasteiger partial charge >= 0.3 is 0 Å². The molecule has 2 unspecified atom stereocenters. The molecule has 0 saturated carbocycles. The zero-order valence-electron chi connectivity index (χ0n) is 9.77. The molecule has 1 aromatic rings. The van der Waals surface area contributed by atoms with E-state index in [0.29, 0.717) is 12.5 Å². The van der Waals surface area contributed by atoms with Gasteiger partial charge in [0.2, 0.25) is 0 Å². The van der Waals surface area contributed by atoms with E-state index in [0.717, 1.165) is 36.1 Å². The summed E-state index contributed by atoms with van der Waals surface area (Å²) < 4.78 is 0.988. The summed E-state index contributed by atoms with van der Waals surface area (Å²) in [6, 6.07) is 4.35. The van der Waals surface area contributed by atoms with Crippen LogP contribution in [-0.4, -0.2) is 39.7 Å². The third kappa shape index (κ3) is 2.14. The van der Waals surface area contributed by atoms with Crippen molar-refractivity contribution in [2.75, 3.05) is 13.1 Å². The molecule has 4 heteroatoms. The molecule has 17 heavy (non-hydrogen) atoms. The molecule has 3 nitrogen and oxygen atoms in total. The van der Waals surface area contributed by atoms with Crippen LogP contribution in [0.4, 0.5) is 0 Å². The fraction of sp³-hybridized carbons (Fsp3) is 0.615. The van der Waals surface area contributed by atoms with Gasteiger partial charge in [-0.05, 0) is 53.9 Å². The molecule has 1 N–H and O–H groups in total. The highest BCUT2D eigenvalue weighted by atomic mass is 79.9. The summed E-state index contributed by atoms with van der Waals surface area (Å²) in [5.41, 5.74) is 0.432. The first-order valence-corrected chi connectivity index (χ1v) is 7.03. The van der Waals surface area contributed by atoms with E-state index in [9.17, 15) is 5.11 Å². The van der Waals surface area contributed by atoms with E-state index < -0.39 is 5.60 Å². The van der Waals surface area contributed by atoms with Crippen molar-refractivity contribution < 1.29 is 5.11 Å². The number of rotatable bonds is 2. The maximum absolute atomic E-state index is 10.8. The van der Waals surface area contributed by atoms with E-state index in [-0.39, 0.29) is 0 Å². The van der Waals surface area contributed by atoms with Crippen LogP contribution in [0.25, 0.3) is 0 Å². The van der Waals surface area contributed by atoms with Crippen LogP contribution in [0.2, 0.25) is 0 Å². The maximum atomic E-state index is 10.8. The lowest BCUT2D eigenvalue weighted by molar-refractivity contribution is 0.0132. The summed E-state index contributed by atoms with van der Waals surface area (Å²) in [6.45, 7) is 2.19. The number of halogens is 1. The third-order valence-electron chi connectivity index (χ3n) is 4.09. The van der Waals surface area contributed by atoms with E-state index >= 15 is 0 Å². The van der Waals surface area contributed by atoms with Crippen LogP contribution < -0.4 is 0 Å². The molecule has 2 aliphatic rings. The van der Waals surface area contributed by atoms with Crippen molar-refractivity contribution in [1.82, 2.24) is 9.88 Å². The molecule has 2 atom stereocenters. The Kier molecular flexibility index (Phi) is 2.97. The quantitative estimate of drug-likeness (QED) is 0.907. The van der Waals surface area contributed by atoms with Crippen LogP contribution in [0.1, 0.15) is 25.0 Å². The van der Waals surface area contributed by atoms with E-state index in [4.69, 9.17) is 0 Å². The summed E-state index contributed by atoms with van der Waals surface area (Å²) in [4.78, 5) is 6.81. The standard InChI is InChI=1S/C13H17BrN2O/c14-10-3-4-11(15-9-10)8-13(17)5-7-16-6-1-2-12(13)16/h3-4,9,12,17H,1-2,5-8H2. The van der Waals surface area contributed by atoms with Gasteiger partial charge in [0.05, 0.1) is 5.60 Å². The average Bonchev–Trinajstić information content (AvgIpc) is 2.88. The monoisotopic (exact) mass is 296 g/mol. The number of pyridine rings is 1. The van der Waals surface area contributed by atoms with Crippen molar-refractivity contribution in [3.63, 3.8) is 0 Å². The van der Waals surface area contributed by atoms with E-state index in [1.54, 1.807) is 6.20 Å². The molecule has 0 amide bonds. The lowest BCUT2D eigenvalue weighted by Crippen LogP contribution is -2.43. The molecule has 0 aliphatic carbocycles. The second-order valence-electron chi connectivity index (χ2n) is 5.19. The Bertz CT molecular complexity index is 408. The fourth-order valence-electron chi connectivity index (χ4n) is 3.24. The van der Waals surface area contributed by atoms with Crippen molar-refractivity contribution in [3.8, 4) is 0 Å². The molecular formula is C13H17BrN2O. The number of hydrogen-bond acceptors (Lipinski definition) is 3. The van der Waals surface area contributed by atoms with E-state index in [1.807, 2.05) is 12.1 Å². The smallest absolute Gasteiger partial charge is 0.0869 e. The van der Waals surface area contributed by atoms with Crippen molar-refractivity contribution in [2.24, 2.45) is 0 Å². The molecule has 3 heterocycles. The van der Waals surface area contributed by atoms with Gasteiger partial charge in [-0.3, -0.25) is 9.88 Å². The van der Waals surface area contributed by atoms with Gasteiger partial charge in [-0.1, -0.05) is 0 Å². The number of aromatic nitrogens is 1. The lowest BCUT2D eigenvalue weighted by atomic mass is 9.88. The fourth-order valence-corrected chi connectivity index (χ4v) is 3.47. The summed E-state index contributed by atoms with van der Waals surface area (Å²) in [5.74, 6) is 0. The lowest BCUT2D eigenvalue weighted by Gasteiger charge is -2.29. The minimum Gasteiger partial charge on any atom is -0.388 e. The molecule has 0 aromatic carbocycles. The molecule has 0 spiro atoms. The molecule has 2 fully saturated rings. The number of aliphatic hydroxyl groups is 1. The highest BCUT2D eigenvalue weighted by Gasteiger charge is 2.47. The average molecular weight is 297 g/mol. The Morgan fingerprint density at radius 1 is 1.47 bits per heavy atom. The van der Waals surface area contributed by atoms with Gasteiger partial charge in [-0.25, -0.2) is 0 Å². The van der Waals surface area contributed by atoms with Gasteiger partial charge < -0.3 is 5.11 Å². The summed E-state index contributed by atoms with van der Waals surface area (Å²) >= 11 is 3.38. The molecule has 0 radical (unpaired) electrons. The molecule has 1 aromatic heterocycles. The summed E-state index contributed by atoms with van der Waals surface area (Å²) in [6.07, 6.45) is 5.73. The Balaban J connectivity index is 1.77. The topological polar surface area (TPSA) is 36.4 Å². The Hall–Kier alpha value is -0.450. The normalized spacial score (nSPS) is 32.9. The third-order valence-corrected chi connectivity index (χ3v) is 4.56. The largest absolute Gasteiger partial charge is 0.388 e. The predicted octanol–water partition coefficient (Wildman–Crippen LogP) is 1.99. The first-order valence-electron chi connectivity index (χ1n) is 6.24. The van der Waals surface area contributed by atoms with Gasteiger partial charge in [0.15, 0.2) is 0 Å².